The number of nitro groups is 1. The molecule has 2 rings (SSSR count). The van der Waals surface area contributed by atoms with Crippen LogP contribution in [-0.2, 0) is 4.74 Å². The summed E-state index contributed by atoms with van der Waals surface area (Å²) in [4.78, 5) is 21.3. The molecule has 1 aromatic heterocycles. The molecule has 1 N–H and O–H groups in total. The fourth-order valence-corrected chi connectivity index (χ4v) is 2.48. The van der Waals surface area contributed by atoms with Crippen LogP contribution in [0.5, 0.6) is 0 Å². The molecule has 1 heterocycles. The van der Waals surface area contributed by atoms with Crippen molar-refractivity contribution in [3.05, 3.63) is 46.4 Å². The van der Waals surface area contributed by atoms with Crippen LogP contribution >= 0.6 is 0 Å². The van der Waals surface area contributed by atoms with Crippen molar-refractivity contribution in [2.45, 2.75) is 25.0 Å². The van der Waals surface area contributed by atoms with Crippen molar-refractivity contribution < 1.29 is 24.0 Å². The maximum absolute atomic E-state index is 11.0. The van der Waals surface area contributed by atoms with E-state index < -0.39 is 30.1 Å². The molecule has 0 amide bonds. The fourth-order valence-electron chi connectivity index (χ4n) is 2.48. The Hall–Kier alpha value is -2.31. The molecule has 4 atom stereocenters. The van der Waals surface area contributed by atoms with E-state index in [1.54, 1.807) is 13.0 Å². The van der Waals surface area contributed by atoms with E-state index >= 15 is 0 Å². The van der Waals surface area contributed by atoms with Gasteiger partial charge in [-0.1, -0.05) is 6.92 Å². The number of furan rings is 1. The number of carbonyl (C=O) groups is 1. The molecule has 19 heavy (non-hydrogen) atoms. The molecule has 0 saturated carbocycles. The number of hydrogen-bond donors (Lipinski definition) is 1. The van der Waals surface area contributed by atoms with Gasteiger partial charge in [0.15, 0.2) is 0 Å². The average Bonchev–Trinajstić information content (AvgIpc) is 2.81. The lowest BCUT2D eigenvalue weighted by molar-refractivity contribution is -0.520. The Morgan fingerprint density at radius 3 is 2.79 bits per heavy atom. The second-order valence-electron chi connectivity index (χ2n) is 4.45. The maximum Gasteiger partial charge on any atom is 0.506 e. The normalized spacial score (nSPS) is 29.9. The molecule has 0 bridgehead atoms. The zero-order chi connectivity index (χ0) is 14.0. The van der Waals surface area contributed by atoms with Crippen molar-refractivity contribution in [3.63, 3.8) is 0 Å². The lowest BCUT2D eigenvalue weighted by Gasteiger charge is -2.32. The average molecular weight is 267 g/mol. The highest BCUT2D eigenvalue weighted by atomic mass is 16.7. The Morgan fingerprint density at radius 2 is 2.26 bits per heavy atom. The Kier molecular flexibility index (Phi) is 3.55. The number of ether oxygens (including phenoxy) is 1. The summed E-state index contributed by atoms with van der Waals surface area (Å²) in [6.07, 6.45) is 3.56. The van der Waals surface area contributed by atoms with Crippen LogP contribution in [0.2, 0.25) is 0 Å². The van der Waals surface area contributed by atoms with Gasteiger partial charge in [-0.15, -0.1) is 0 Å². The second kappa shape index (κ2) is 5.13. The van der Waals surface area contributed by atoms with Crippen molar-refractivity contribution >= 4 is 6.16 Å². The molecule has 0 radical (unpaired) electrons. The predicted octanol–water partition coefficient (Wildman–Crippen LogP) is 2.28. The summed E-state index contributed by atoms with van der Waals surface area (Å²) in [7, 11) is 0. The third kappa shape index (κ3) is 2.59. The van der Waals surface area contributed by atoms with Crippen LogP contribution in [-0.4, -0.2) is 28.3 Å². The van der Waals surface area contributed by atoms with Crippen LogP contribution < -0.4 is 0 Å². The Labute approximate surface area is 108 Å². The van der Waals surface area contributed by atoms with E-state index in [0.717, 1.165) is 0 Å². The SMILES string of the molecule is CC1C(c2ccoc2)C(OC(=O)O)C=CC1[N+](=O)[O-]. The zero-order valence-electron chi connectivity index (χ0n) is 10.1. The monoisotopic (exact) mass is 267 g/mol. The van der Waals surface area contributed by atoms with Gasteiger partial charge in [-0.25, -0.2) is 4.79 Å². The highest BCUT2D eigenvalue weighted by Crippen LogP contribution is 2.37. The summed E-state index contributed by atoms with van der Waals surface area (Å²) >= 11 is 0. The van der Waals surface area contributed by atoms with E-state index in [2.05, 4.69) is 0 Å². The van der Waals surface area contributed by atoms with Crippen molar-refractivity contribution in [3.8, 4) is 0 Å². The molecule has 1 aromatic rings. The molecular formula is C12H13NO6. The molecule has 0 saturated heterocycles. The van der Waals surface area contributed by atoms with Gasteiger partial charge in [-0.05, 0) is 23.8 Å². The lowest BCUT2D eigenvalue weighted by atomic mass is 9.76. The Balaban J connectivity index is 2.34. The largest absolute Gasteiger partial charge is 0.506 e. The van der Waals surface area contributed by atoms with E-state index in [0.29, 0.717) is 5.56 Å². The third-order valence-corrected chi connectivity index (χ3v) is 3.37. The highest BCUT2D eigenvalue weighted by Gasteiger charge is 2.42. The van der Waals surface area contributed by atoms with Crippen LogP contribution in [0.25, 0.3) is 0 Å². The minimum absolute atomic E-state index is 0.384. The molecule has 102 valence electrons. The smallest absolute Gasteiger partial charge is 0.472 e. The van der Waals surface area contributed by atoms with Crippen LogP contribution in [0.15, 0.2) is 35.2 Å². The summed E-state index contributed by atoms with van der Waals surface area (Å²) in [5.74, 6) is -0.836. The molecule has 0 spiro atoms. The second-order valence-corrected chi connectivity index (χ2v) is 4.45. The van der Waals surface area contributed by atoms with Gasteiger partial charge in [0, 0.05) is 16.8 Å². The first-order valence-corrected chi connectivity index (χ1v) is 5.74. The fraction of sp³-hybridized carbons (Fsp3) is 0.417. The lowest BCUT2D eigenvalue weighted by Crippen LogP contribution is -2.39. The summed E-state index contributed by atoms with van der Waals surface area (Å²) in [5.41, 5.74) is 0.690. The van der Waals surface area contributed by atoms with Gasteiger partial charge < -0.3 is 14.3 Å². The zero-order valence-corrected chi connectivity index (χ0v) is 10.1. The number of carboxylic acid groups (broad SMARTS) is 1. The number of hydrogen-bond acceptors (Lipinski definition) is 5. The van der Waals surface area contributed by atoms with Gasteiger partial charge in [-0.3, -0.25) is 10.1 Å². The standard InChI is InChI=1S/C12H13NO6/c1-7-9(13(16)17)2-3-10(19-12(14)15)11(7)8-4-5-18-6-8/h2-7,9-11H,1H3,(H,14,15). The minimum Gasteiger partial charge on any atom is -0.472 e. The Bertz CT molecular complexity index is 494. The highest BCUT2D eigenvalue weighted by molar-refractivity contribution is 5.57. The number of nitrogens with zero attached hydrogens (tertiary/aromatic N) is 1. The van der Waals surface area contributed by atoms with E-state index in [1.165, 1.54) is 24.7 Å². The first-order valence-electron chi connectivity index (χ1n) is 5.74. The predicted molar refractivity (Wildman–Crippen MR) is 63.4 cm³/mol. The van der Waals surface area contributed by atoms with Gasteiger partial charge >= 0.3 is 6.16 Å². The van der Waals surface area contributed by atoms with E-state index in [1.807, 2.05) is 0 Å². The summed E-state index contributed by atoms with van der Waals surface area (Å²) in [6, 6.07) is 0.795. The third-order valence-electron chi connectivity index (χ3n) is 3.37. The molecule has 7 heteroatoms. The first-order chi connectivity index (χ1) is 9.00. The molecule has 0 aromatic carbocycles. The summed E-state index contributed by atoms with van der Waals surface area (Å²) in [5, 5.41) is 19.7. The molecule has 7 nitrogen and oxygen atoms in total. The van der Waals surface area contributed by atoms with Gasteiger partial charge in [0.05, 0.1) is 12.5 Å². The first kappa shape index (κ1) is 13.1. The van der Waals surface area contributed by atoms with Gasteiger partial charge in [-0.2, -0.15) is 0 Å². The quantitative estimate of drug-likeness (QED) is 0.390. The molecule has 4 unspecified atom stereocenters. The van der Waals surface area contributed by atoms with Gasteiger partial charge in [0.25, 0.3) is 0 Å². The maximum atomic E-state index is 11.0. The number of rotatable bonds is 3. The Morgan fingerprint density at radius 1 is 1.53 bits per heavy atom. The molecule has 1 aliphatic rings. The summed E-state index contributed by atoms with van der Waals surface area (Å²) < 4.78 is 9.76. The molecule has 0 fully saturated rings. The van der Waals surface area contributed by atoms with Crippen molar-refractivity contribution in [2.75, 3.05) is 0 Å². The molecule has 0 aliphatic heterocycles. The van der Waals surface area contributed by atoms with Crippen LogP contribution in [0.4, 0.5) is 4.79 Å². The van der Waals surface area contributed by atoms with E-state index in [-0.39, 0.29) is 4.92 Å². The van der Waals surface area contributed by atoms with Crippen molar-refractivity contribution in [1.29, 1.82) is 0 Å². The molecule has 1 aliphatic carbocycles. The molecular weight excluding hydrogens is 254 g/mol. The minimum atomic E-state index is -1.41. The van der Waals surface area contributed by atoms with Crippen LogP contribution in [0, 0.1) is 16.0 Å². The van der Waals surface area contributed by atoms with Crippen molar-refractivity contribution in [1.82, 2.24) is 0 Å². The van der Waals surface area contributed by atoms with E-state index in [9.17, 15) is 14.9 Å². The van der Waals surface area contributed by atoms with Crippen molar-refractivity contribution in [2.24, 2.45) is 5.92 Å². The van der Waals surface area contributed by atoms with Gasteiger partial charge in [0.2, 0.25) is 6.04 Å². The van der Waals surface area contributed by atoms with E-state index in [4.69, 9.17) is 14.3 Å². The van der Waals surface area contributed by atoms with Crippen LogP contribution in [0.3, 0.4) is 0 Å². The van der Waals surface area contributed by atoms with Crippen LogP contribution in [0.1, 0.15) is 18.4 Å². The summed E-state index contributed by atoms with van der Waals surface area (Å²) in [6.45, 7) is 1.70. The topological polar surface area (TPSA) is 103 Å². The van der Waals surface area contributed by atoms with Gasteiger partial charge in [0.1, 0.15) is 6.10 Å².